The van der Waals surface area contributed by atoms with E-state index in [-0.39, 0.29) is 17.2 Å². The van der Waals surface area contributed by atoms with E-state index in [2.05, 4.69) is 4.90 Å². The van der Waals surface area contributed by atoms with Gasteiger partial charge in [0.2, 0.25) is 0 Å². The van der Waals surface area contributed by atoms with Crippen LogP contribution in [0.25, 0.3) is 0 Å². The van der Waals surface area contributed by atoms with E-state index in [1.165, 1.54) is 17.1 Å². The number of phenols is 1. The third-order valence-electron chi connectivity index (χ3n) is 5.84. The van der Waals surface area contributed by atoms with Crippen LogP contribution in [0.1, 0.15) is 24.0 Å². The topological polar surface area (TPSA) is 70.1 Å². The summed E-state index contributed by atoms with van der Waals surface area (Å²) in [6.07, 6.45) is 2.50. The third kappa shape index (κ3) is 5.86. The van der Waals surface area contributed by atoms with Gasteiger partial charge in [0.1, 0.15) is 18.1 Å². The summed E-state index contributed by atoms with van der Waals surface area (Å²) in [6.45, 7) is 5.79. The van der Waals surface area contributed by atoms with Crippen molar-refractivity contribution in [2.45, 2.75) is 31.2 Å². The van der Waals surface area contributed by atoms with Gasteiger partial charge in [-0.25, -0.2) is 8.42 Å². The summed E-state index contributed by atoms with van der Waals surface area (Å²) in [5.74, 6) is 0.859. The van der Waals surface area contributed by atoms with Gasteiger partial charge in [0.15, 0.2) is 0 Å². The predicted octanol–water partition coefficient (Wildman–Crippen LogP) is 4.57. The van der Waals surface area contributed by atoms with Gasteiger partial charge >= 0.3 is 0 Å². The van der Waals surface area contributed by atoms with Crippen LogP contribution in [-0.4, -0.2) is 44.7 Å². The Hall–Kier alpha value is -3.03. The first kappa shape index (κ1) is 23.1. The molecule has 1 fully saturated rings. The molecule has 3 aromatic rings. The molecule has 7 heteroatoms. The average Bonchev–Trinajstić information content (AvgIpc) is 3.33. The minimum absolute atomic E-state index is 0.141. The number of nitrogens with zero attached hydrogens (tertiary/aromatic N) is 2. The number of phenolic OH excluding ortho intramolecular Hbond substituents is 1. The maximum Gasteiger partial charge on any atom is 0.264 e. The van der Waals surface area contributed by atoms with Gasteiger partial charge in [0.25, 0.3) is 10.0 Å². The van der Waals surface area contributed by atoms with Crippen molar-refractivity contribution >= 4 is 15.7 Å². The molecule has 0 radical (unpaired) electrons. The number of benzene rings is 3. The number of hydrogen-bond donors (Lipinski definition) is 1. The fourth-order valence-electron chi connectivity index (χ4n) is 3.99. The molecular weight excluding hydrogens is 436 g/mol. The first-order valence-corrected chi connectivity index (χ1v) is 12.7. The van der Waals surface area contributed by atoms with Crippen LogP contribution in [0.5, 0.6) is 11.5 Å². The molecule has 4 rings (SSSR count). The molecule has 0 saturated carbocycles. The molecule has 0 aromatic heterocycles. The summed E-state index contributed by atoms with van der Waals surface area (Å²) in [6, 6.07) is 20.7. The summed E-state index contributed by atoms with van der Waals surface area (Å²) in [5.41, 5.74) is 2.20. The number of likely N-dealkylation sites (tertiary alicyclic amines) is 1. The number of sulfonamides is 1. The van der Waals surface area contributed by atoms with Crippen molar-refractivity contribution in [1.29, 1.82) is 0 Å². The highest BCUT2D eigenvalue weighted by atomic mass is 32.2. The Morgan fingerprint density at radius 2 is 1.67 bits per heavy atom. The van der Waals surface area contributed by atoms with Crippen LogP contribution in [0.3, 0.4) is 0 Å². The Labute approximate surface area is 196 Å². The van der Waals surface area contributed by atoms with Gasteiger partial charge in [0, 0.05) is 6.54 Å². The van der Waals surface area contributed by atoms with E-state index in [0.29, 0.717) is 12.3 Å². The van der Waals surface area contributed by atoms with Crippen LogP contribution in [0.15, 0.2) is 77.7 Å². The molecule has 174 valence electrons. The Kier molecular flexibility index (Phi) is 7.20. The normalized spacial score (nSPS) is 14.3. The SMILES string of the molecule is Cc1cccc(S(=O)(=O)N(Cc2ccc(O)cc2)c2ccc(OCCN3CCCC3)cc2)c1. The molecule has 0 bridgehead atoms. The molecule has 3 aromatic carbocycles. The second kappa shape index (κ2) is 10.3. The lowest BCUT2D eigenvalue weighted by molar-refractivity contribution is 0.238. The van der Waals surface area contributed by atoms with Gasteiger partial charge < -0.3 is 9.84 Å². The highest BCUT2D eigenvalue weighted by molar-refractivity contribution is 7.92. The molecule has 0 amide bonds. The zero-order chi connectivity index (χ0) is 23.3. The minimum Gasteiger partial charge on any atom is -0.508 e. The van der Waals surface area contributed by atoms with Crippen LogP contribution in [0.2, 0.25) is 0 Å². The van der Waals surface area contributed by atoms with E-state index in [1.807, 2.05) is 25.1 Å². The summed E-state index contributed by atoms with van der Waals surface area (Å²) < 4.78 is 34.5. The summed E-state index contributed by atoms with van der Waals surface area (Å²) in [4.78, 5) is 2.63. The highest BCUT2D eigenvalue weighted by Crippen LogP contribution is 2.28. The quantitative estimate of drug-likeness (QED) is 0.500. The van der Waals surface area contributed by atoms with Crippen LogP contribution in [0, 0.1) is 6.92 Å². The van der Waals surface area contributed by atoms with Crippen molar-refractivity contribution in [3.8, 4) is 11.5 Å². The molecule has 0 spiro atoms. The molecule has 1 saturated heterocycles. The molecule has 0 atom stereocenters. The first-order valence-electron chi connectivity index (χ1n) is 11.2. The molecule has 6 nitrogen and oxygen atoms in total. The second-order valence-corrected chi connectivity index (χ2v) is 10.2. The van der Waals surface area contributed by atoms with Crippen LogP contribution < -0.4 is 9.04 Å². The van der Waals surface area contributed by atoms with Crippen molar-refractivity contribution in [3.63, 3.8) is 0 Å². The molecule has 1 aliphatic rings. The Morgan fingerprint density at radius 1 is 0.970 bits per heavy atom. The van der Waals surface area contributed by atoms with Crippen molar-refractivity contribution in [2.75, 3.05) is 30.5 Å². The first-order chi connectivity index (χ1) is 15.9. The van der Waals surface area contributed by atoms with Gasteiger partial charge in [-0.15, -0.1) is 0 Å². The smallest absolute Gasteiger partial charge is 0.264 e. The van der Waals surface area contributed by atoms with Crippen molar-refractivity contribution in [2.24, 2.45) is 0 Å². The number of rotatable bonds is 9. The molecule has 1 N–H and O–H groups in total. The number of aromatic hydroxyl groups is 1. The molecule has 1 heterocycles. The van der Waals surface area contributed by atoms with E-state index in [9.17, 15) is 13.5 Å². The maximum atomic E-state index is 13.6. The highest BCUT2D eigenvalue weighted by Gasteiger charge is 2.25. The number of anilines is 1. The van der Waals surface area contributed by atoms with Gasteiger partial charge in [-0.2, -0.15) is 0 Å². The largest absolute Gasteiger partial charge is 0.508 e. The third-order valence-corrected chi connectivity index (χ3v) is 7.61. The predicted molar refractivity (Wildman–Crippen MR) is 130 cm³/mol. The van der Waals surface area contributed by atoms with Crippen molar-refractivity contribution in [3.05, 3.63) is 83.9 Å². The number of ether oxygens (including phenoxy) is 1. The monoisotopic (exact) mass is 466 g/mol. The van der Waals surface area contributed by atoms with E-state index in [0.717, 1.165) is 36.5 Å². The molecular formula is C26H30N2O4S. The number of hydrogen-bond acceptors (Lipinski definition) is 5. The molecule has 33 heavy (non-hydrogen) atoms. The Morgan fingerprint density at radius 3 is 2.33 bits per heavy atom. The molecule has 1 aliphatic heterocycles. The summed E-state index contributed by atoms with van der Waals surface area (Å²) in [7, 11) is -3.80. The maximum absolute atomic E-state index is 13.6. The van der Waals surface area contributed by atoms with Crippen LogP contribution in [-0.2, 0) is 16.6 Å². The van der Waals surface area contributed by atoms with Crippen molar-refractivity contribution in [1.82, 2.24) is 4.90 Å². The lowest BCUT2D eigenvalue weighted by Crippen LogP contribution is -2.30. The number of aryl methyl sites for hydroxylation is 1. The molecule has 0 unspecified atom stereocenters. The van der Waals surface area contributed by atoms with Gasteiger partial charge in [-0.3, -0.25) is 9.21 Å². The van der Waals surface area contributed by atoms with Gasteiger partial charge in [-0.1, -0.05) is 24.3 Å². The van der Waals surface area contributed by atoms with E-state index < -0.39 is 10.0 Å². The summed E-state index contributed by atoms with van der Waals surface area (Å²) >= 11 is 0. The van der Waals surface area contributed by atoms with Crippen molar-refractivity contribution < 1.29 is 18.3 Å². The fourth-order valence-corrected chi connectivity index (χ4v) is 5.55. The second-order valence-electron chi connectivity index (χ2n) is 8.39. The average molecular weight is 467 g/mol. The van der Waals surface area contributed by atoms with Crippen LogP contribution >= 0.6 is 0 Å². The fraction of sp³-hybridized carbons (Fsp3) is 0.308. The lowest BCUT2D eigenvalue weighted by atomic mass is 10.2. The zero-order valence-electron chi connectivity index (χ0n) is 18.9. The summed E-state index contributed by atoms with van der Waals surface area (Å²) in [5, 5.41) is 9.60. The van der Waals surface area contributed by atoms with E-state index in [4.69, 9.17) is 4.74 Å². The zero-order valence-corrected chi connectivity index (χ0v) is 19.7. The molecule has 0 aliphatic carbocycles. The standard InChI is InChI=1S/C26H30N2O4S/c1-21-5-4-6-26(19-21)33(30,31)28(20-22-7-11-24(29)12-8-22)23-9-13-25(14-10-23)32-18-17-27-15-2-3-16-27/h4-14,19,29H,2-3,15-18,20H2,1H3. The van der Waals surface area contributed by atoms with E-state index >= 15 is 0 Å². The van der Waals surface area contributed by atoms with E-state index in [1.54, 1.807) is 54.6 Å². The Bertz CT molecular complexity index is 1160. The minimum atomic E-state index is -3.80. The van der Waals surface area contributed by atoms with Gasteiger partial charge in [0.05, 0.1) is 17.1 Å². The van der Waals surface area contributed by atoms with Crippen LogP contribution in [0.4, 0.5) is 5.69 Å². The lowest BCUT2D eigenvalue weighted by Gasteiger charge is -2.25. The van der Waals surface area contributed by atoms with Gasteiger partial charge in [-0.05, 0) is 92.5 Å². The Balaban J connectivity index is 1.56.